The summed E-state index contributed by atoms with van der Waals surface area (Å²) in [6.45, 7) is 8.53. The highest BCUT2D eigenvalue weighted by Gasteiger charge is 2.50. The molecule has 0 radical (unpaired) electrons. The van der Waals surface area contributed by atoms with Gasteiger partial charge in [0.1, 0.15) is 11.5 Å². The number of rotatable bonds is 2. The number of halogens is 1. The van der Waals surface area contributed by atoms with Gasteiger partial charge in [-0.05, 0) is 44.2 Å². The predicted octanol–water partition coefficient (Wildman–Crippen LogP) is 2.48. The Bertz CT molecular complexity index is 603. The van der Waals surface area contributed by atoms with Gasteiger partial charge in [-0.15, -0.1) is 0 Å². The molecule has 2 saturated heterocycles. The molecule has 2 heterocycles. The van der Waals surface area contributed by atoms with Crippen LogP contribution in [0.4, 0.5) is 15.8 Å². The first-order valence-corrected chi connectivity index (χ1v) is 7.25. The fraction of sp³-hybridized carbons (Fsp3) is 0.600. The second-order valence-corrected chi connectivity index (χ2v) is 6.64. The Morgan fingerprint density at radius 3 is 2.76 bits per heavy atom. The molecule has 2 aliphatic heterocycles. The summed E-state index contributed by atoms with van der Waals surface area (Å²) in [4.78, 5) is 12.9. The molecule has 5 nitrogen and oxygen atoms in total. The minimum Gasteiger partial charge on any atom is -0.360 e. The fourth-order valence-electron chi connectivity index (χ4n) is 3.85. The van der Waals surface area contributed by atoms with Gasteiger partial charge in [0, 0.05) is 25.2 Å². The number of hydrogen-bond donors (Lipinski definition) is 1. The molecule has 3 rings (SSSR count). The van der Waals surface area contributed by atoms with E-state index in [0.717, 1.165) is 25.7 Å². The lowest BCUT2D eigenvalue weighted by Crippen LogP contribution is -2.44. The maximum Gasteiger partial charge on any atom is 0.295 e. The van der Waals surface area contributed by atoms with Gasteiger partial charge in [0.15, 0.2) is 0 Å². The Morgan fingerprint density at radius 2 is 2.14 bits per heavy atom. The van der Waals surface area contributed by atoms with Gasteiger partial charge >= 0.3 is 0 Å². The van der Waals surface area contributed by atoms with Crippen molar-refractivity contribution in [3.05, 3.63) is 33.6 Å². The van der Waals surface area contributed by atoms with Crippen LogP contribution in [0.25, 0.3) is 0 Å². The third-order valence-electron chi connectivity index (χ3n) is 5.10. The summed E-state index contributed by atoms with van der Waals surface area (Å²) in [5.74, 6) is 0.428. The number of nitro benzene ring substituents is 1. The lowest BCUT2D eigenvalue weighted by Gasteiger charge is -2.37. The van der Waals surface area contributed by atoms with E-state index in [1.165, 1.54) is 0 Å². The highest BCUT2D eigenvalue weighted by Crippen LogP contribution is 2.46. The number of nitro groups is 1. The number of aryl methyl sites for hydroxylation is 1. The van der Waals surface area contributed by atoms with Crippen LogP contribution < -0.4 is 10.2 Å². The van der Waals surface area contributed by atoms with Crippen molar-refractivity contribution in [2.75, 3.05) is 24.5 Å². The molecule has 21 heavy (non-hydrogen) atoms. The van der Waals surface area contributed by atoms with Gasteiger partial charge in [-0.3, -0.25) is 10.1 Å². The Balaban J connectivity index is 2.08. The summed E-state index contributed by atoms with van der Waals surface area (Å²) in [5.41, 5.74) is 0.669. The van der Waals surface area contributed by atoms with E-state index in [-0.39, 0.29) is 11.2 Å². The summed E-state index contributed by atoms with van der Waals surface area (Å²) in [7, 11) is 0. The molecule has 2 fully saturated rings. The SMILES string of the molecule is Cc1cc(N2CC3CNCC3C2(C)C)c([N+](=O)[O-])cc1F. The molecule has 2 unspecified atom stereocenters. The first-order chi connectivity index (χ1) is 9.82. The topological polar surface area (TPSA) is 58.4 Å². The van der Waals surface area contributed by atoms with Gasteiger partial charge < -0.3 is 10.2 Å². The Kier molecular flexibility index (Phi) is 3.16. The molecule has 0 amide bonds. The van der Waals surface area contributed by atoms with E-state index in [1.54, 1.807) is 13.0 Å². The molecule has 1 aromatic rings. The minimum atomic E-state index is -0.524. The molecule has 0 bridgehead atoms. The predicted molar refractivity (Wildman–Crippen MR) is 79.1 cm³/mol. The molecule has 0 aliphatic carbocycles. The fourth-order valence-corrected chi connectivity index (χ4v) is 3.85. The Hall–Kier alpha value is -1.69. The van der Waals surface area contributed by atoms with Gasteiger partial charge in [-0.25, -0.2) is 4.39 Å². The number of hydrogen-bond acceptors (Lipinski definition) is 4. The van der Waals surface area contributed by atoms with Gasteiger partial charge in [0.05, 0.1) is 11.0 Å². The van der Waals surface area contributed by atoms with E-state index in [9.17, 15) is 14.5 Å². The average Bonchev–Trinajstić information content (AvgIpc) is 2.95. The van der Waals surface area contributed by atoms with Gasteiger partial charge in [0.25, 0.3) is 5.69 Å². The van der Waals surface area contributed by atoms with Crippen molar-refractivity contribution in [3.8, 4) is 0 Å². The molecule has 0 aromatic heterocycles. The number of nitrogens with zero attached hydrogens (tertiary/aromatic N) is 2. The van der Waals surface area contributed by atoms with Gasteiger partial charge in [-0.1, -0.05) is 0 Å². The average molecular weight is 293 g/mol. The highest BCUT2D eigenvalue weighted by atomic mass is 19.1. The van der Waals surface area contributed by atoms with Crippen molar-refractivity contribution in [3.63, 3.8) is 0 Å². The first-order valence-electron chi connectivity index (χ1n) is 7.25. The van der Waals surface area contributed by atoms with E-state index < -0.39 is 10.7 Å². The molecule has 1 N–H and O–H groups in total. The van der Waals surface area contributed by atoms with E-state index >= 15 is 0 Å². The van der Waals surface area contributed by atoms with Gasteiger partial charge in [0.2, 0.25) is 0 Å². The van der Waals surface area contributed by atoms with Crippen LogP contribution in [0.2, 0.25) is 0 Å². The zero-order valence-corrected chi connectivity index (χ0v) is 12.5. The molecule has 0 spiro atoms. The molecular weight excluding hydrogens is 273 g/mol. The smallest absolute Gasteiger partial charge is 0.295 e. The van der Waals surface area contributed by atoms with Crippen LogP contribution in [0.15, 0.2) is 12.1 Å². The normalized spacial score (nSPS) is 27.0. The number of nitrogens with one attached hydrogen (secondary N) is 1. The third kappa shape index (κ3) is 2.09. The molecule has 1 aromatic carbocycles. The van der Waals surface area contributed by atoms with E-state index in [2.05, 4.69) is 24.1 Å². The van der Waals surface area contributed by atoms with Crippen LogP contribution >= 0.6 is 0 Å². The third-order valence-corrected chi connectivity index (χ3v) is 5.10. The van der Waals surface area contributed by atoms with E-state index in [0.29, 0.717) is 23.1 Å². The Labute approximate surface area is 123 Å². The quantitative estimate of drug-likeness (QED) is 0.672. The summed E-state index contributed by atoms with van der Waals surface area (Å²) in [6.07, 6.45) is 0. The largest absolute Gasteiger partial charge is 0.360 e. The molecule has 2 atom stereocenters. The van der Waals surface area contributed by atoms with E-state index in [4.69, 9.17) is 0 Å². The zero-order chi connectivity index (χ0) is 15.4. The van der Waals surface area contributed by atoms with Gasteiger partial charge in [-0.2, -0.15) is 0 Å². The van der Waals surface area contributed by atoms with Crippen LogP contribution in [-0.2, 0) is 0 Å². The second kappa shape index (κ2) is 4.66. The maximum atomic E-state index is 13.7. The summed E-state index contributed by atoms with van der Waals surface area (Å²) >= 11 is 0. The van der Waals surface area contributed by atoms with Crippen LogP contribution in [0.5, 0.6) is 0 Å². The Morgan fingerprint density at radius 1 is 1.43 bits per heavy atom. The molecular formula is C15H20FN3O2. The maximum absolute atomic E-state index is 13.7. The summed E-state index contributed by atoms with van der Waals surface area (Å²) in [5, 5.41) is 14.7. The van der Waals surface area contributed by atoms with Crippen molar-refractivity contribution in [1.82, 2.24) is 5.32 Å². The van der Waals surface area contributed by atoms with Crippen molar-refractivity contribution >= 4 is 11.4 Å². The van der Waals surface area contributed by atoms with Crippen LogP contribution in [0, 0.1) is 34.7 Å². The van der Waals surface area contributed by atoms with Crippen LogP contribution in [0.3, 0.4) is 0 Å². The van der Waals surface area contributed by atoms with E-state index in [1.807, 2.05) is 0 Å². The van der Waals surface area contributed by atoms with Crippen LogP contribution in [0.1, 0.15) is 19.4 Å². The summed E-state index contributed by atoms with van der Waals surface area (Å²) in [6, 6.07) is 2.66. The highest BCUT2D eigenvalue weighted by molar-refractivity contribution is 5.67. The van der Waals surface area contributed by atoms with Crippen molar-refractivity contribution in [2.45, 2.75) is 26.3 Å². The monoisotopic (exact) mass is 293 g/mol. The number of benzene rings is 1. The molecule has 0 saturated carbocycles. The lowest BCUT2D eigenvalue weighted by molar-refractivity contribution is -0.384. The zero-order valence-electron chi connectivity index (χ0n) is 12.5. The minimum absolute atomic E-state index is 0.140. The summed E-state index contributed by atoms with van der Waals surface area (Å²) < 4.78 is 13.7. The number of anilines is 1. The second-order valence-electron chi connectivity index (χ2n) is 6.64. The lowest BCUT2D eigenvalue weighted by atomic mass is 9.84. The first kappa shape index (κ1) is 14.3. The van der Waals surface area contributed by atoms with Crippen molar-refractivity contribution in [1.29, 1.82) is 0 Å². The molecule has 2 aliphatic rings. The molecule has 114 valence electrons. The number of fused-ring (bicyclic) bond motifs is 1. The van der Waals surface area contributed by atoms with Crippen molar-refractivity contribution < 1.29 is 9.31 Å². The molecule has 6 heteroatoms. The standard InChI is InChI=1S/C15H20FN3O2/c1-9-4-13(14(19(20)21)5-12(9)16)18-8-10-6-17-7-11(10)15(18,2)3/h4-5,10-11,17H,6-8H2,1-3H3. The van der Waals surface area contributed by atoms with Crippen LogP contribution in [-0.4, -0.2) is 30.1 Å². The van der Waals surface area contributed by atoms with Crippen molar-refractivity contribution in [2.24, 2.45) is 11.8 Å².